The van der Waals surface area contributed by atoms with E-state index in [1.54, 1.807) is 6.20 Å². The van der Waals surface area contributed by atoms with Gasteiger partial charge in [0.05, 0.1) is 23.4 Å². The zero-order valence-electron chi connectivity index (χ0n) is 10.7. The Balaban J connectivity index is 2.16. The summed E-state index contributed by atoms with van der Waals surface area (Å²) in [7, 11) is 0. The van der Waals surface area contributed by atoms with E-state index < -0.39 is 0 Å². The molecule has 0 radical (unpaired) electrons. The average molecular weight is 253 g/mol. The third kappa shape index (κ3) is 2.25. The van der Waals surface area contributed by atoms with Crippen LogP contribution in [0.4, 0.5) is 5.69 Å². The van der Waals surface area contributed by atoms with E-state index in [4.69, 9.17) is 4.74 Å². The monoisotopic (exact) mass is 253 g/mol. The van der Waals surface area contributed by atoms with Crippen LogP contribution in [0.1, 0.15) is 12.0 Å². The largest absolute Gasteiger partial charge is 0.380 e. The van der Waals surface area contributed by atoms with Gasteiger partial charge in [-0.2, -0.15) is 5.26 Å². The Morgan fingerprint density at radius 1 is 1.21 bits per heavy atom. The van der Waals surface area contributed by atoms with Crippen LogP contribution in [-0.2, 0) is 4.74 Å². The SMILES string of the molecule is N#Cc1cnc2ccccc2c1N1CCCOCC1. The fourth-order valence-corrected chi connectivity index (χ4v) is 2.52. The van der Waals surface area contributed by atoms with Crippen LogP contribution in [0, 0.1) is 11.3 Å². The minimum absolute atomic E-state index is 0.639. The van der Waals surface area contributed by atoms with Crippen LogP contribution in [0.15, 0.2) is 30.5 Å². The number of hydrogen-bond donors (Lipinski definition) is 0. The molecule has 0 atom stereocenters. The van der Waals surface area contributed by atoms with Crippen LogP contribution >= 0.6 is 0 Å². The van der Waals surface area contributed by atoms with Crippen LogP contribution in [0.3, 0.4) is 0 Å². The van der Waals surface area contributed by atoms with Crippen molar-refractivity contribution < 1.29 is 4.74 Å². The van der Waals surface area contributed by atoms with Crippen molar-refractivity contribution >= 4 is 16.6 Å². The van der Waals surface area contributed by atoms with Gasteiger partial charge < -0.3 is 9.64 Å². The maximum Gasteiger partial charge on any atom is 0.103 e. The van der Waals surface area contributed by atoms with Crippen molar-refractivity contribution in [2.45, 2.75) is 6.42 Å². The predicted octanol–water partition coefficient (Wildman–Crippen LogP) is 2.33. The second kappa shape index (κ2) is 5.25. The lowest BCUT2D eigenvalue weighted by molar-refractivity contribution is 0.152. The molecule has 4 nitrogen and oxygen atoms in total. The lowest BCUT2D eigenvalue weighted by Gasteiger charge is -2.24. The fraction of sp³-hybridized carbons (Fsp3) is 0.333. The lowest BCUT2D eigenvalue weighted by Crippen LogP contribution is -2.27. The number of anilines is 1. The molecule has 96 valence electrons. The molecule has 0 N–H and O–H groups in total. The van der Waals surface area contributed by atoms with Crippen molar-refractivity contribution in [1.29, 1.82) is 5.26 Å². The molecular formula is C15H15N3O. The van der Waals surface area contributed by atoms with Crippen LogP contribution in [0.25, 0.3) is 10.9 Å². The number of aromatic nitrogens is 1. The Labute approximate surface area is 112 Å². The van der Waals surface area contributed by atoms with E-state index in [0.717, 1.165) is 42.7 Å². The number of rotatable bonds is 1. The van der Waals surface area contributed by atoms with Crippen LogP contribution in [-0.4, -0.2) is 31.3 Å². The van der Waals surface area contributed by atoms with E-state index in [-0.39, 0.29) is 0 Å². The number of fused-ring (bicyclic) bond motifs is 1. The van der Waals surface area contributed by atoms with Crippen molar-refractivity contribution in [3.63, 3.8) is 0 Å². The summed E-state index contributed by atoms with van der Waals surface area (Å²) in [6.45, 7) is 3.24. The summed E-state index contributed by atoms with van der Waals surface area (Å²) in [6, 6.07) is 10.2. The van der Waals surface area contributed by atoms with E-state index in [1.807, 2.05) is 24.3 Å². The maximum absolute atomic E-state index is 9.33. The Morgan fingerprint density at radius 2 is 2.11 bits per heavy atom. The molecule has 1 fully saturated rings. The second-order valence-electron chi connectivity index (χ2n) is 4.60. The predicted molar refractivity (Wildman–Crippen MR) is 74.1 cm³/mol. The van der Waals surface area contributed by atoms with Crippen molar-refractivity contribution in [3.8, 4) is 6.07 Å². The smallest absolute Gasteiger partial charge is 0.103 e. The van der Waals surface area contributed by atoms with Gasteiger partial charge in [-0.25, -0.2) is 0 Å². The highest BCUT2D eigenvalue weighted by Gasteiger charge is 2.17. The van der Waals surface area contributed by atoms with E-state index in [1.165, 1.54) is 0 Å². The zero-order chi connectivity index (χ0) is 13.1. The highest BCUT2D eigenvalue weighted by molar-refractivity contribution is 5.94. The topological polar surface area (TPSA) is 49.2 Å². The van der Waals surface area contributed by atoms with Gasteiger partial charge in [0, 0.05) is 31.3 Å². The van der Waals surface area contributed by atoms with Crippen LogP contribution in [0.2, 0.25) is 0 Å². The molecule has 1 aromatic carbocycles. The summed E-state index contributed by atoms with van der Waals surface area (Å²) in [4.78, 5) is 6.60. The normalized spacial score (nSPS) is 16.1. The third-order valence-electron chi connectivity index (χ3n) is 3.41. The third-order valence-corrected chi connectivity index (χ3v) is 3.41. The number of nitrogens with zero attached hydrogens (tertiary/aromatic N) is 3. The van der Waals surface area contributed by atoms with Gasteiger partial charge in [0.25, 0.3) is 0 Å². The number of para-hydroxylation sites is 1. The number of pyridine rings is 1. The molecular weight excluding hydrogens is 238 g/mol. The molecule has 4 heteroatoms. The van der Waals surface area contributed by atoms with E-state index >= 15 is 0 Å². The van der Waals surface area contributed by atoms with Gasteiger partial charge in [-0.1, -0.05) is 18.2 Å². The molecule has 0 amide bonds. The van der Waals surface area contributed by atoms with Crippen molar-refractivity contribution in [2.75, 3.05) is 31.2 Å². The van der Waals surface area contributed by atoms with E-state index in [9.17, 15) is 5.26 Å². The van der Waals surface area contributed by atoms with Crippen LogP contribution < -0.4 is 4.90 Å². The van der Waals surface area contributed by atoms with Crippen molar-refractivity contribution in [3.05, 3.63) is 36.0 Å². The van der Waals surface area contributed by atoms with Gasteiger partial charge in [0.2, 0.25) is 0 Å². The van der Waals surface area contributed by atoms with Gasteiger partial charge in [-0.3, -0.25) is 4.98 Å². The van der Waals surface area contributed by atoms with Gasteiger partial charge in [0.15, 0.2) is 0 Å². The quantitative estimate of drug-likeness (QED) is 0.782. The second-order valence-corrected chi connectivity index (χ2v) is 4.60. The number of ether oxygens (including phenoxy) is 1. The summed E-state index contributed by atoms with van der Waals surface area (Å²) in [5.41, 5.74) is 2.57. The molecule has 1 saturated heterocycles. The molecule has 3 rings (SSSR count). The summed E-state index contributed by atoms with van der Waals surface area (Å²) < 4.78 is 5.49. The Kier molecular flexibility index (Phi) is 3.30. The summed E-state index contributed by atoms with van der Waals surface area (Å²) >= 11 is 0. The molecule has 1 aliphatic rings. The van der Waals surface area contributed by atoms with Gasteiger partial charge in [-0.15, -0.1) is 0 Å². The molecule has 1 aromatic heterocycles. The molecule has 0 saturated carbocycles. The first kappa shape index (κ1) is 11.9. The average Bonchev–Trinajstić information content (AvgIpc) is 2.75. The van der Waals surface area contributed by atoms with Crippen LogP contribution in [0.5, 0.6) is 0 Å². The summed E-state index contributed by atoms with van der Waals surface area (Å²) in [6.07, 6.45) is 2.66. The van der Waals surface area contributed by atoms with Gasteiger partial charge in [0.1, 0.15) is 6.07 Å². The molecule has 0 aliphatic carbocycles. The minimum Gasteiger partial charge on any atom is -0.380 e. The molecule has 2 heterocycles. The number of benzene rings is 1. The van der Waals surface area contributed by atoms with E-state index in [0.29, 0.717) is 12.2 Å². The first-order valence-corrected chi connectivity index (χ1v) is 6.50. The highest BCUT2D eigenvalue weighted by atomic mass is 16.5. The van der Waals surface area contributed by atoms with Gasteiger partial charge in [-0.05, 0) is 12.5 Å². The first-order valence-electron chi connectivity index (χ1n) is 6.50. The zero-order valence-corrected chi connectivity index (χ0v) is 10.7. The molecule has 0 unspecified atom stereocenters. The summed E-state index contributed by atoms with van der Waals surface area (Å²) in [5, 5.41) is 10.4. The minimum atomic E-state index is 0.639. The van der Waals surface area contributed by atoms with Crippen molar-refractivity contribution in [2.24, 2.45) is 0 Å². The first-order chi connectivity index (χ1) is 9.40. The fourth-order valence-electron chi connectivity index (χ4n) is 2.52. The summed E-state index contributed by atoms with van der Waals surface area (Å²) in [5.74, 6) is 0. The number of nitriles is 1. The van der Waals surface area contributed by atoms with E-state index in [2.05, 4.69) is 16.0 Å². The van der Waals surface area contributed by atoms with Gasteiger partial charge >= 0.3 is 0 Å². The number of hydrogen-bond acceptors (Lipinski definition) is 4. The Hall–Kier alpha value is -2.12. The maximum atomic E-state index is 9.33. The Morgan fingerprint density at radius 3 is 3.00 bits per heavy atom. The molecule has 2 aromatic rings. The highest BCUT2D eigenvalue weighted by Crippen LogP contribution is 2.29. The Bertz CT molecular complexity index is 625. The molecule has 0 bridgehead atoms. The molecule has 1 aliphatic heterocycles. The molecule has 19 heavy (non-hydrogen) atoms. The lowest BCUT2D eigenvalue weighted by atomic mass is 10.1. The standard InChI is InChI=1S/C15H15N3O/c16-10-12-11-17-14-5-2-1-4-13(14)15(12)18-6-3-8-19-9-7-18/h1-2,4-5,11H,3,6-9H2. The van der Waals surface area contributed by atoms with Crippen molar-refractivity contribution in [1.82, 2.24) is 4.98 Å². The molecule has 0 spiro atoms.